The van der Waals surface area contributed by atoms with Crippen LogP contribution in [0.5, 0.6) is 11.5 Å². The predicted octanol–water partition coefficient (Wildman–Crippen LogP) is 1.01. The van der Waals surface area contributed by atoms with Gasteiger partial charge in [-0.2, -0.15) is 5.26 Å². The molecule has 0 aliphatic heterocycles. The van der Waals surface area contributed by atoms with Crippen LogP contribution in [-0.2, 0) is 4.79 Å². The predicted molar refractivity (Wildman–Crippen MR) is 70.9 cm³/mol. The fourth-order valence-electron chi connectivity index (χ4n) is 1.37. The molecular weight excluding hydrogens is 246 g/mol. The molecule has 0 aliphatic rings. The summed E-state index contributed by atoms with van der Waals surface area (Å²) in [5, 5.41) is 8.87. The molecule has 0 aromatic heterocycles. The molecule has 6 nitrogen and oxygen atoms in total. The fourth-order valence-corrected chi connectivity index (χ4v) is 1.37. The molecule has 102 valence electrons. The molecule has 0 bridgehead atoms. The van der Waals surface area contributed by atoms with Crippen LogP contribution in [0.1, 0.15) is 12.5 Å². The highest BCUT2D eigenvalue weighted by Crippen LogP contribution is 2.35. The number of hydrogen-bond donors (Lipinski definition) is 1. The highest BCUT2D eigenvalue weighted by molar-refractivity contribution is 5.77. The molecule has 0 spiro atoms. The fraction of sp³-hybridized carbons (Fsp3) is 0.385. The number of anilines is 1. The van der Waals surface area contributed by atoms with Crippen LogP contribution < -0.4 is 15.2 Å². The summed E-state index contributed by atoms with van der Waals surface area (Å²) >= 11 is 0. The molecule has 0 unspecified atom stereocenters. The Kier molecular flexibility index (Phi) is 5.01. The number of amides is 1. The maximum absolute atomic E-state index is 11.5. The highest BCUT2D eigenvalue weighted by atomic mass is 16.5. The van der Waals surface area contributed by atoms with E-state index >= 15 is 0 Å². The normalized spacial score (nSPS) is 9.58. The molecule has 1 aromatic rings. The second-order valence-corrected chi connectivity index (χ2v) is 4.01. The molecule has 1 rings (SSSR count). The zero-order valence-corrected chi connectivity index (χ0v) is 11.3. The molecule has 19 heavy (non-hydrogen) atoms. The highest BCUT2D eigenvalue weighted by Gasteiger charge is 2.14. The van der Waals surface area contributed by atoms with Crippen molar-refractivity contribution in [2.45, 2.75) is 6.92 Å². The van der Waals surface area contributed by atoms with E-state index in [4.69, 9.17) is 20.5 Å². The van der Waals surface area contributed by atoms with Crippen LogP contribution in [0, 0.1) is 11.3 Å². The van der Waals surface area contributed by atoms with Gasteiger partial charge in [0.25, 0.3) is 5.91 Å². The minimum atomic E-state index is -0.189. The van der Waals surface area contributed by atoms with Gasteiger partial charge in [-0.25, -0.2) is 0 Å². The third-order valence-corrected chi connectivity index (χ3v) is 2.35. The molecule has 1 aromatic carbocycles. The molecule has 0 fully saturated rings. The SMILES string of the molecule is CCOc1cc(C#N)cc(N)c1OCC(=O)N(C)C. The summed E-state index contributed by atoms with van der Waals surface area (Å²) in [6, 6.07) is 5.01. The van der Waals surface area contributed by atoms with E-state index in [9.17, 15) is 4.79 Å². The van der Waals surface area contributed by atoms with Crippen molar-refractivity contribution in [3.8, 4) is 17.6 Å². The van der Waals surface area contributed by atoms with Crippen LogP contribution in [0.15, 0.2) is 12.1 Å². The number of benzene rings is 1. The van der Waals surface area contributed by atoms with E-state index in [-0.39, 0.29) is 24.0 Å². The van der Waals surface area contributed by atoms with E-state index in [0.717, 1.165) is 0 Å². The first kappa shape index (κ1) is 14.6. The number of carbonyl (C=O) groups excluding carboxylic acids is 1. The smallest absolute Gasteiger partial charge is 0.259 e. The van der Waals surface area contributed by atoms with Gasteiger partial charge < -0.3 is 20.1 Å². The average molecular weight is 263 g/mol. The van der Waals surface area contributed by atoms with Crippen molar-refractivity contribution in [1.29, 1.82) is 5.26 Å². The van der Waals surface area contributed by atoms with Gasteiger partial charge in [0, 0.05) is 20.2 Å². The average Bonchev–Trinajstić information content (AvgIpc) is 2.37. The van der Waals surface area contributed by atoms with Gasteiger partial charge in [0.05, 0.1) is 23.9 Å². The molecule has 0 saturated carbocycles. The number of nitrogen functional groups attached to an aromatic ring is 1. The zero-order valence-electron chi connectivity index (χ0n) is 11.3. The summed E-state index contributed by atoms with van der Waals surface area (Å²) in [4.78, 5) is 12.9. The lowest BCUT2D eigenvalue weighted by molar-refractivity contribution is -0.130. The van der Waals surface area contributed by atoms with E-state index in [1.54, 1.807) is 14.1 Å². The number of nitrogens with two attached hydrogens (primary N) is 1. The topological polar surface area (TPSA) is 88.6 Å². The number of ether oxygens (including phenoxy) is 2. The Morgan fingerprint density at radius 2 is 2.11 bits per heavy atom. The Morgan fingerprint density at radius 1 is 1.42 bits per heavy atom. The first-order valence-electron chi connectivity index (χ1n) is 5.79. The minimum Gasteiger partial charge on any atom is -0.490 e. The molecule has 0 radical (unpaired) electrons. The van der Waals surface area contributed by atoms with Crippen molar-refractivity contribution >= 4 is 11.6 Å². The number of likely N-dealkylation sites (N-methyl/N-ethyl adjacent to an activating group) is 1. The zero-order chi connectivity index (χ0) is 14.4. The van der Waals surface area contributed by atoms with Crippen LogP contribution in [0.2, 0.25) is 0 Å². The van der Waals surface area contributed by atoms with Crippen molar-refractivity contribution in [2.75, 3.05) is 33.0 Å². The monoisotopic (exact) mass is 263 g/mol. The Morgan fingerprint density at radius 3 is 2.63 bits per heavy atom. The lowest BCUT2D eigenvalue weighted by atomic mass is 10.2. The first-order valence-corrected chi connectivity index (χ1v) is 5.79. The minimum absolute atomic E-state index is 0.136. The van der Waals surface area contributed by atoms with E-state index in [2.05, 4.69) is 0 Å². The van der Waals surface area contributed by atoms with Crippen LogP contribution in [0.3, 0.4) is 0 Å². The first-order chi connectivity index (χ1) is 8.99. The number of hydrogen-bond acceptors (Lipinski definition) is 5. The summed E-state index contributed by atoms with van der Waals surface area (Å²) in [7, 11) is 3.27. The van der Waals surface area contributed by atoms with E-state index < -0.39 is 0 Å². The molecule has 1 amide bonds. The van der Waals surface area contributed by atoms with Gasteiger partial charge in [0.15, 0.2) is 18.1 Å². The maximum Gasteiger partial charge on any atom is 0.259 e. The summed E-state index contributed by atoms with van der Waals surface area (Å²) in [5.74, 6) is 0.466. The molecule has 6 heteroatoms. The Bertz CT molecular complexity index is 507. The molecule has 0 heterocycles. The van der Waals surface area contributed by atoms with Gasteiger partial charge in [-0.05, 0) is 13.0 Å². The molecule has 2 N–H and O–H groups in total. The van der Waals surface area contributed by atoms with Gasteiger partial charge >= 0.3 is 0 Å². The van der Waals surface area contributed by atoms with Gasteiger partial charge in [0.2, 0.25) is 0 Å². The van der Waals surface area contributed by atoms with Crippen LogP contribution >= 0.6 is 0 Å². The lowest BCUT2D eigenvalue weighted by Crippen LogP contribution is -2.27. The van der Waals surface area contributed by atoms with Crippen LogP contribution in [0.4, 0.5) is 5.69 Å². The Balaban J connectivity index is 2.98. The summed E-state index contributed by atoms with van der Waals surface area (Å²) in [6.07, 6.45) is 0. The van der Waals surface area contributed by atoms with Crippen molar-refractivity contribution < 1.29 is 14.3 Å². The summed E-state index contributed by atoms with van der Waals surface area (Å²) in [6.45, 7) is 2.08. The van der Waals surface area contributed by atoms with Crippen molar-refractivity contribution in [3.05, 3.63) is 17.7 Å². The van der Waals surface area contributed by atoms with E-state index in [1.165, 1.54) is 17.0 Å². The Hall–Kier alpha value is -2.42. The summed E-state index contributed by atoms with van der Waals surface area (Å²) in [5.41, 5.74) is 6.46. The molecule has 0 saturated heterocycles. The summed E-state index contributed by atoms with van der Waals surface area (Å²) < 4.78 is 10.8. The van der Waals surface area contributed by atoms with Gasteiger partial charge in [-0.15, -0.1) is 0 Å². The van der Waals surface area contributed by atoms with Crippen LogP contribution in [0.25, 0.3) is 0 Å². The second kappa shape index (κ2) is 6.50. The third-order valence-electron chi connectivity index (χ3n) is 2.35. The van der Waals surface area contributed by atoms with E-state index in [0.29, 0.717) is 17.9 Å². The largest absolute Gasteiger partial charge is 0.490 e. The van der Waals surface area contributed by atoms with Crippen molar-refractivity contribution in [1.82, 2.24) is 4.90 Å². The number of nitrogens with zero attached hydrogens (tertiary/aromatic N) is 2. The number of rotatable bonds is 5. The lowest BCUT2D eigenvalue weighted by Gasteiger charge is -2.16. The van der Waals surface area contributed by atoms with Gasteiger partial charge in [-0.1, -0.05) is 0 Å². The standard InChI is InChI=1S/C13H17N3O3/c1-4-18-11-6-9(7-14)5-10(15)13(11)19-8-12(17)16(2)3/h5-6H,4,8,15H2,1-3H3. The molecule has 0 atom stereocenters. The number of nitriles is 1. The van der Waals surface area contributed by atoms with Gasteiger partial charge in [-0.3, -0.25) is 4.79 Å². The van der Waals surface area contributed by atoms with Crippen LogP contribution in [-0.4, -0.2) is 38.1 Å². The third kappa shape index (κ3) is 3.78. The number of carbonyl (C=O) groups is 1. The quantitative estimate of drug-likeness (QED) is 0.801. The van der Waals surface area contributed by atoms with Crippen molar-refractivity contribution in [3.63, 3.8) is 0 Å². The van der Waals surface area contributed by atoms with Crippen molar-refractivity contribution in [2.24, 2.45) is 0 Å². The second-order valence-electron chi connectivity index (χ2n) is 4.01. The maximum atomic E-state index is 11.5. The van der Waals surface area contributed by atoms with E-state index in [1.807, 2.05) is 13.0 Å². The molecule has 0 aliphatic carbocycles. The molecular formula is C13H17N3O3. The Labute approximate surface area is 112 Å². The van der Waals surface area contributed by atoms with Gasteiger partial charge in [0.1, 0.15) is 0 Å².